The molecule has 0 atom stereocenters. The van der Waals surface area contributed by atoms with Crippen molar-refractivity contribution in [2.24, 2.45) is 0 Å². The van der Waals surface area contributed by atoms with Crippen LogP contribution in [0.5, 0.6) is 11.5 Å². The molecule has 0 bridgehead atoms. The van der Waals surface area contributed by atoms with E-state index in [0.29, 0.717) is 36.1 Å². The van der Waals surface area contributed by atoms with Crippen LogP contribution in [0.3, 0.4) is 0 Å². The van der Waals surface area contributed by atoms with Crippen LogP contribution >= 0.6 is 0 Å². The summed E-state index contributed by atoms with van der Waals surface area (Å²) in [5.74, 6) is 1.17. The molecule has 2 aromatic heterocycles. The number of aromatic nitrogens is 3. The number of H-pyrrole nitrogens is 1. The Kier molecular flexibility index (Phi) is 3.59. The molecule has 1 aliphatic heterocycles. The van der Waals surface area contributed by atoms with Crippen LogP contribution in [0, 0.1) is 0 Å². The number of ether oxygens (including phenoxy) is 2. The van der Waals surface area contributed by atoms with Crippen molar-refractivity contribution in [2.45, 2.75) is 0 Å². The number of amides is 1. The second-order valence-electron chi connectivity index (χ2n) is 5.19. The van der Waals surface area contributed by atoms with Crippen LogP contribution in [-0.2, 0) is 0 Å². The molecule has 120 valence electrons. The predicted octanol–water partition coefficient (Wildman–Crippen LogP) is 2.50. The fourth-order valence-electron chi connectivity index (χ4n) is 2.50. The number of para-hydroxylation sites is 1. The molecule has 24 heavy (non-hydrogen) atoms. The Hall–Kier alpha value is -3.35. The first-order valence-electron chi connectivity index (χ1n) is 7.47. The van der Waals surface area contributed by atoms with E-state index in [4.69, 9.17) is 9.47 Å². The van der Waals surface area contributed by atoms with Crippen molar-refractivity contribution in [3.8, 4) is 22.8 Å². The van der Waals surface area contributed by atoms with Crippen LogP contribution in [0.25, 0.3) is 11.3 Å². The third kappa shape index (κ3) is 2.67. The van der Waals surface area contributed by atoms with Gasteiger partial charge in [-0.2, -0.15) is 5.10 Å². The molecule has 0 radical (unpaired) electrons. The van der Waals surface area contributed by atoms with Gasteiger partial charge in [-0.3, -0.25) is 14.9 Å². The van der Waals surface area contributed by atoms with Gasteiger partial charge in [-0.15, -0.1) is 0 Å². The van der Waals surface area contributed by atoms with Crippen LogP contribution in [-0.4, -0.2) is 34.3 Å². The lowest BCUT2D eigenvalue weighted by atomic mass is 10.1. The lowest BCUT2D eigenvalue weighted by Gasteiger charge is -2.20. The second kappa shape index (κ2) is 6.04. The molecular formula is C17H14N4O3. The van der Waals surface area contributed by atoms with E-state index in [2.05, 4.69) is 20.5 Å². The molecule has 3 heterocycles. The highest BCUT2D eigenvalue weighted by atomic mass is 16.6. The number of hydrogen-bond donors (Lipinski definition) is 2. The van der Waals surface area contributed by atoms with Crippen molar-refractivity contribution in [3.05, 3.63) is 54.4 Å². The van der Waals surface area contributed by atoms with Crippen LogP contribution in [0.2, 0.25) is 0 Å². The summed E-state index contributed by atoms with van der Waals surface area (Å²) in [6.45, 7) is 0.901. The Morgan fingerprint density at radius 3 is 2.83 bits per heavy atom. The molecule has 3 aromatic rings. The average molecular weight is 322 g/mol. The summed E-state index contributed by atoms with van der Waals surface area (Å²) in [6, 6.07) is 10.7. The van der Waals surface area contributed by atoms with Gasteiger partial charge in [0.2, 0.25) is 0 Å². The summed E-state index contributed by atoms with van der Waals surface area (Å²) < 4.78 is 11.1. The predicted molar refractivity (Wildman–Crippen MR) is 87.2 cm³/mol. The zero-order valence-corrected chi connectivity index (χ0v) is 12.7. The van der Waals surface area contributed by atoms with Gasteiger partial charge >= 0.3 is 0 Å². The third-order valence-electron chi connectivity index (χ3n) is 3.62. The van der Waals surface area contributed by atoms with Gasteiger partial charge in [0, 0.05) is 24.0 Å². The smallest absolute Gasteiger partial charge is 0.260 e. The van der Waals surface area contributed by atoms with Gasteiger partial charge in [0.15, 0.2) is 17.3 Å². The summed E-state index contributed by atoms with van der Waals surface area (Å²) in [5, 5.41) is 9.78. The molecule has 0 aliphatic carbocycles. The highest BCUT2D eigenvalue weighted by Gasteiger charge is 2.21. The maximum Gasteiger partial charge on any atom is 0.260 e. The number of nitrogens with zero attached hydrogens (tertiary/aromatic N) is 2. The van der Waals surface area contributed by atoms with Gasteiger partial charge < -0.3 is 14.8 Å². The van der Waals surface area contributed by atoms with Gasteiger partial charge in [-0.1, -0.05) is 6.07 Å². The Bertz CT molecular complexity index is 877. The van der Waals surface area contributed by atoms with Crippen molar-refractivity contribution in [3.63, 3.8) is 0 Å². The average Bonchev–Trinajstić information content (AvgIpc) is 3.10. The molecule has 0 saturated heterocycles. The number of carbonyl (C=O) groups is 1. The van der Waals surface area contributed by atoms with Crippen LogP contribution in [0.15, 0.2) is 48.8 Å². The number of anilines is 1. The number of pyridine rings is 1. The Morgan fingerprint density at radius 2 is 1.96 bits per heavy atom. The van der Waals surface area contributed by atoms with Gasteiger partial charge in [0.1, 0.15) is 13.2 Å². The topological polar surface area (TPSA) is 89.1 Å². The number of fused-ring (bicyclic) bond motifs is 1. The van der Waals surface area contributed by atoms with E-state index < -0.39 is 0 Å². The summed E-state index contributed by atoms with van der Waals surface area (Å²) in [4.78, 5) is 16.5. The second-order valence-corrected chi connectivity index (χ2v) is 5.19. The zero-order valence-electron chi connectivity index (χ0n) is 12.7. The lowest BCUT2D eigenvalue weighted by Crippen LogP contribution is -2.20. The SMILES string of the molecule is O=C(Nc1cc(-c2ccncc2)[nH]n1)c1cccc2c1OCCO2. The number of rotatable bonds is 3. The van der Waals surface area contributed by atoms with E-state index in [1.807, 2.05) is 12.1 Å². The molecule has 4 rings (SSSR count). The van der Waals surface area contributed by atoms with E-state index in [9.17, 15) is 4.79 Å². The normalized spacial score (nSPS) is 12.7. The molecule has 0 spiro atoms. The van der Waals surface area contributed by atoms with Crippen molar-refractivity contribution in [1.82, 2.24) is 15.2 Å². The molecule has 0 fully saturated rings. The van der Waals surface area contributed by atoms with Crippen LogP contribution < -0.4 is 14.8 Å². The molecule has 1 aromatic carbocycles. The third-order valence-corrected chi connectivity index (χ3v) is 3.62. The van der Waals surface area contributed by atoms with Gasteiger partial charge in [0.05, 0.1) is 11.3 Å². The fourth-order valence-corrected chi connectivity index (χ4v) is 2.50. The molecule has 7 heteroatoms. The van der Waals surface area contributed by atoms with Gasteiger partial charge in [-0.25, -0.2) is 0 Å². The highest BCUT2D eigenvalue weighted by Crippen LogP contribution is 2.34. The number of hydrogen-bond acceptors (Lipinski definition) is 5. The minimum Gasteiger partial charge on any atom is -0.486 e. The summed E-state index contributed by atoms with van der Waals surface area (Å²) >= 11 is 0. The Morgan fingerprint density at radius 1 is 1.12 bits per heavy atom. The van der Waals surface area contributed by atoms with Crippen molar-refractivity contribution in [1.29, 1.82) is 0 Å². The van der Waals surface area contributed by atoms with Crippen molar-refractivity contribution < 1.29 is 14.3 Å². The first kappa shape index (κ1) is 14.3. The van der Waals surface area contributed by atoms with Crippen molar-refractivity contribution >= 4 is 11.7 Å². The van der Waals surface area contributed by atoms with E-state index >= 15 is 0 Å². The summed E-state index contributed by atoms with van der Waals surface area (Å²) in [5.41, 5.74) is 2.15. The van der Waals surface area contributed by atoms with Crippen LogP contribution in [0.4, 0.5) is 5.82 Å². The number of carbonyl (C=O) groups excluding carboxylic acids is 1. The molecule has 7 nitrogen and oxygen atoms in total. The zero-order chi connectivity index (χ0) is 16.4. The van der Waals surface area contributed by atoms with Gasteiger partial charge in [-0.05, 0) is 24.3 Å². The highest BCUT2D eigenvalue weighted by molar-refractivity contribution is 6.06. The molecule has 0 unspecified atom stereocenters. The first-order chi connectivity index (χ1) is 11.8. The van der Waals surface area contributed by atoms with Crippen LogP contribution in [0.1, 0.15) is 10.4 Å². The van der Waals surface area contributed by atoms with Crippen molar-refractivity contribution in [2.75, 3.05) is 18.5 Å². The largest absolute Gasteiger partial charge is 0.486 e. The molecule has 1 aliphatic rings. The Labute approximate surface area is 137 Å². The van der Waals surface area contributed by atoms with E-state index in [1.54, 1.807) is 36.7 Å². The quantitative estimate of drug-likeness (QED) is 0.773. The summed E-state index contributed by atoms with van der Waals surface area (Å²) in [7, 11) is 0. The first-order valence-corrected chi connectivity index (χ1v) is 7.47. The minimum absolute atomic E-state index is 0.301. The lowest BCUT2D eigenvalue weighted by molar-refractivity contribution is 0.101. The fraction of sp³-hybridized carbons (Fsp3) is 0.118. The summed E-state index contributed by atoms with van der Waals surface area (Å²) in [6.07, 6.45) is 3.39. The Balaban J connectivity index is 1.56. The van der Waals surface area contributed by atoms with E-state index in [-0.39, 0.29) is 5.91 Å². The minimum atomic E-state index is -0.301. The van der Waals surface area contributed by atoms with Gasteiger partial charge in [0.25, 0.3) is 5.91 Å². The maximum absolute atomic E-state index is 12.5. The molecule has 1 amide bonds. The van der Waals surface area contributed by atoms with E-state index in [1.165, 1.54) is 0 Å². The molecule has 2 N–H and O–H groups in total. The molecule has 0 saturated carbocycles. The number of nitrogens with one attached hydrogen (secondary N) is 2. The maximum atomic E-state index is 12.5. The van der Waals surface area contributed by atoms with E-state index in [0.717, 1.165) is 11.3 Å². The number of aromatic amines is 1. The molecular weight excluding hydrogens is 308 g/mol. The number of benzene rings is 1. The monoisotopic (exact) mass is 322 g/mol. The standard InChI is InChI=1S/C17H14N4O3/c22-17(12-2-1-3-14-16(12)24-9-8-23-14)19-15-10-13(20-21-15)11-4-6-18-7-5-11/h1-7,10H,8-9H2,(H2,19,20,21,22).